The van der Waals surface area contributed by atoms with Gasteiger partial charge >= 0.3 is 0 Å². The molecule has 5 nitrogen and oxygen atoms in total. The Morgan fingerprint density at radius 1 is 1.42 bits per heavy atom. The summed E-state index contributed by atoms with van der Waals surface area (Å²) in [4.78, 5) is 10.6. The van der Waals surface area contributed by atoms with E-state index < -0.39 is 0 Å². The molecule has 6 heteroatoms. The van der Waals surface area contributed by atoms with Gasteiger partial charge in [0.25, 0.3) is 0 Å². The average molecular weight is 282 g/mol. The maximum atomic E-state index is 6.07. The molecule has 106 valence electrons. The first-order valence-electron chi connectivity index (χ1n) is 6.97. The van der Waals surface area contributed by atoms with Gasteiger partial charge in [0.15, 0.2) is 5.13 Å². The van der Waals surface area contributed by atoms with E-state index in [0.717, 1.165) is 51.1 Å². The van der Waals surface area contributed by atoms with Crippen molar-refractivity contribution in [3.63, 3.8) is 0 Å². The van der Waals surface area contributed by atoms with E-state index >= 15 is 0 Å². The summed E-state index contributed by atoms with van der Waals surface area (Å²) >= 11 is 1.81. The zero-order valence-electron chi connectivity index (χ0n) is 11.4. The van der Waals surface area contributed by atoms with Crippen molar-refractivity contribution in [3.8, 4) is 0 Å². The van der Waals surface area contributed by atoms with Gasteiger partial charge in [0, 0.05) is 49.8 Å². The minimum Gasteiger partial charge on any atom is -0.378 e. The van der Waals surface area contributed by atoms with Crippen molar-refractivity contribution in [2.75, 3.05) is 44.3 Å². The molecule has 0 aromatic carbocycles. The second-order valence-corrected chi connectivity index (χ2v) is 6.64. The van der Waals surface area contributed by atoms with Gasteiger partial charge in [-0.05, 0) is 5.92 Å². The molecule has 3 rings (SSSR count). The van der Waals surface area contributed by atoms with E-state index in [9.17, 15) is 0 Å². The normalized spacial score (nSPS) is 29.1. The van der Waals surface area contributed by atoms with Crippen LogP contribution in [-0.4, -0.2) is 55.3 Å². The molecule has 2 aliphatic rings. The first-order chi connectivity index (χ1) is 9.22. The Morgan fingerprint density at radius 2 is 2.21 bits per heavy atom. The lowest BCUT2D eigenvalue weighted by molar-refractivity contribution is 0.122. The Bertz CT molecular complexity index is 409. The number of hydrogen-bond acceptors (Lipinski definition) is 6. The van der Waals surface area contributed by atoms with Crippen LogP contribution in [0.3, 0.4) is 0 Å². The van der Waals surface area contributed by atoms with Gasteiger partial charge in [-0.15, -0.1) is 11.3 Å². The summed E-state index contributed by atoms with van der Waals surface area (Å²) in [5.74, 6) is 0.603. The zero-order chi connectivity index (χ0) is 13.2. The fourth-order valence-electron chi connectivity index (χ4n) is 2.72. The summed E-state index contributed by atoms with van der Waals surface area (Å²) < 4.78 is 5.37. The second kappa shape index (κ2) is 5.75. The van der Waals surface area contributed by atoms with Crippen LogP contribution < -0.4 is 10.6 Å². The topological polar surface area (TPSA) is 54.6 Å². The standard InChI is InChI=1S/C13H22N4OS/c1-10-7-16(9-12(10)14)8-11-6-15-13(19-11)17-2-4-18-5-3-17/h6,10,12H,2-5,7-9,14H2,1H3. The highest BCUT2D eigenvalue weighted by Crippen LogP contribution is 2.26. The summed E-state index contributed by atoms with van der Waals surface area (Å²) in [6, 6.07) is 0.326. The monoisotopic (exact) mass is 282 g/mol. The van der Waals surface area contributed by atoms with E-state index in [0.29, 0.717) is 12.0 Å². The molecule has 1 aromatic heterocycles. The van der Waals surface area contributed by atoms with Gasteiger partial charge in [0.2, 0.25) is 0 Å². The summed E-state index contributed by atoms with van der Waals surface area (Å²) in [7, 11) is 0. The molecule has 0 saturated carbocycles. The lowest BCUT2D eigenvalue weighted by Gasteiger charge is -2.26. The molecule has 0 spiro atoms. The molecule has 2 unspecified atom stereocenters. The number of aromatic nitrogens is 1. The van der Waals surface area contributed by atoms with Crippen LogP contribution in [0.5, 0.6) is 0 Å². The minimum absolute atomic E-state index is 0.326. The fourth-order valence-corrected chi connectivity index (χ4v) is 3.72. The lowest BCUT2D eigenvalue weighted by Crippen LogP contribution is -2.36. The highest BCUT2D eigenvalue weighted by atomic mass is 32.1. The van der Waals surface area contributed by atoms with Crippen molar-refractivity contribution >= 4 is 16.5 Å². The third kappa shape index (κ3) is 3.08. The predicted molar refractivity (Wildman–Crippen MR) is 77.6 cm³/mol. The maximum absolute atomic E-state index is 6.07. The van der Waals surface area contributed by atoms with Crippen molar-refractivity contribution in [1.29, 1.82) is 0 Å². The van der Waals surface area contributed by atoms with Crippen LogP contribution in [0.1, 0.15) is 11.8 Å². The van der Waals surface area contributed by atoms with Crippen LogP contribution in [0.2, 0.25) is 0 Å². The molecule has 19 heavy (non-hydrogen) atoms. The lowest BCUT2D eigenvalue weighted by atomic mass is 10.1. The number of thiazole rings is 1. The number of rotatable bonds is 3. The molecule has 1 aromatic rings. The SMILES string of the molecule is CC1CN(Cc2cnc(N3CCOCC3)s2)CC1N. The first-order valence-corrected chi connectivity index (χ1v) is 7.79. The summed E-state index contributed by atoms with van der Waals surface area (Å²) in [6.45, 7) is 8.87. The number of nitrogens with zero attached hydrogens (tertiary/aromatic N) is 3. The highest BCUT2D eigenvalue weighted by molar-refractivity contribution is 7.15. The predicted octanol–water partition coefficient (Wildman–Crippen LogP) is 0.759. The van der Waals surface area contributed by atoms with Gasteiger partial charge in [0.1, 0.15) is 0 Å². The largest absolute Gasteiger partial charge is 0.378 e. The van der Waals surface area contributed by atoms with Gasteiger partial charge in [-0.1, -0.05) is 6.92 Å². The summed E-state index contributed by atoms with van der Waals surface area (Å²) in [6.07, 6.45) is 2.02. The smallest absolute Gasteiger partial charge is 0.185 e. The van der Waals surface area contributed by atoms with Crippen LogP contribution in [-0.2, 0) is 11.3 Å². The van der Waals surface area contributed by atoms with Gasteiger partial charge in [-0.3, -0.25) is 4.90 Å². The number of ether oxygens (including phenoxy) is 1. The van der Waals surface area contributed by atoms with Gasteiger partial charge in [-0.2, -0.15) is 0 Å². The molecule has 2 saturated heterocycles. The van der Waals surface area contributed by atoms with Crippen molar-refractivity contribution in [2.24, 2.45) is 11.7 Å². The van der Waals surface area contributed by atoms with Crippen LogP contribution >= 0.6 is 11.3 Å². The Morgan fingerprint density at radius 3 is 2.89 bits per heavy atom. The van der Waals surface area contributed by atoms with E-state index in [2.05, 4.69) is 21.7 Å². The maximum Gasteiger partial charge on any atom is 0.185 e. The Labute approximate surface area is 118 Å². The molecule has 0 bridgehead atoms. The molecule has 0 aliphatic carbocycles. The fraction of sp³-hybridized carbons (Fsp3) is 0.769. The van der Waals surface area contributed by atoms with Crippen molar-refractivity contribution < 1.29 is 4.74 Å². The highest BCUT2D eigenvalue weighted by Gasteiger charge is 2.27. The number of hydrogen-bond donors (Lipinski definition) is 1. The van der Waals surface area contributed by atoms with Gasteiger partial charge in [0.05, 0.1) is 13.2 Å². The second-order valence-electron chi connectivity index (χ2n) is 5.54. The van der Waals surface area contributed by atoms with E-state index in [1.54, 1.807) is 11.3 Å². The molecule has 2 fully saturated rings. The summed E-state index contributed by atoms with van der Waals surface area (Å²) in [5.41, 5.74) is 6.07. The molecule has 2 aliphatic heterocycles. The Hall–Kier alpha value is -0.690. The first kappa shape index (κ1) is 13.3. The summed E-state index contributed by atoms with van der Waals surface area (Å²) in [5, 5.41) is 1.13. The van der Waals surface area contributed by atoms with Crippen LogP contribution in [0.15, 0.2) is 6.20 Å². The number of anilines is 1. The van der Waals surface area contributed by atoms with Gasteiger partial charge < -0.3 is 15.4 Å². The van der Waals surface area contributed by atoms with Crippen molar-refractivity contribution in [1.82, 2.24) is 9.88 Å². The van der Waals surface area contributed by atoms with Crippen molar-refractivity contribution in [2.45, 2.75) is 19.5 Å². The van der Waals surface area contributed by atoms with Gasteiger partial charge in [-0.25, -0.2) is 4.98 Å². The quantitative estimate of drug-likeness (QED) is 0.887. The van der Waals surface area contributed by atoms with Crippen molar-refractivity contribution in [3.05, 3.63) is 11.1 Å². The molecule has 2 atom stereocenters. The zero-order valence-corrected chi connectivity index (χ0v) is 12.2. The third-order valence-electron chi connectivity index (χ3n) is 3.95. The Balaban J connectivity index is 1.59. The van der Waals surface area contributed by atoms with E-state index in [1.807, 2.05) is 6.20 Å². The number of morpholine rings is 1. The van der Waals surface area contributed by atoms with Crippen LogP contribution in [0, 0.1) is 5.92 Å². The number of likely N-dealkylation sites (tertiary alicyclic amines) is 1. The molecule has 3 heterocycles. The third-order valence-corrected chi connectivity index (χ3v) is 4.99. The molecule has 0 amide bonds. The van der Waals surface area contributed by atoms with E-state index in [-0.39, 0.29) is 0 Å². The molecular formula is C13H22N4OS. The van der Waals surface area contributed by atoms with E-state index in [1.165, 1.54) is 4.88 Å². The minimum atomic E-state index is 0.326. The average Bonchev–Trinajstić information content (AvgIpc) is 2.99. The molecular weight excluding hydrogens is 260 g/mol. The molecule has 2 N–H and O–H groups in total. The Kier molecular flexibility index (Phi) is 4.02. The number of nitrogens with two attached hydrogens (primary N) is 1. The molecule has 0 radical (unpaired) electrons. The van der Waals surface area contributed by atoms with E-state index in [4.69, 9.17) is 10.5 Å². The van der Waals surface area contributed by atoms with Crippen LogP contribution in [0.25, 0.3) is 0 Å². The van der Waals surface area contributed by atoms with Crippen LogP contribution in [0.4, 0.5) is 5.13 Å².